The minimum atomic E-state index is -3.15. The highest BCUT2D eigenvalue weighted by Gasteiger charge is 2.41. The van der Waals surface area contributed by atoms with E-state index in [1.165, 1.54) is 10.6 Å². The van der Waals surface area contributed by atoms with Crippen molar-refractivity contribution in [2.24, 2.45) is 5.73 Å². The van der Waals surface area contributed by atoms with Crippen molar-refractivity contribution in [2.45, 2.75) is 31.2 Å². The quantitative estimate of drug-likeness (QED) is 0.764. The predicted octanol–water partition coefficient (Wildman–Crippen LogP) is -0.216. The molecule has 0 aromatic carbocycles. The molecule has 1 saturated carbocycles. The van der Waals surface area contributed by atoms with Gasteiger partial charge in [-0.1, -0.05) is 12.8 Å². The van der Waals surface area contributed by atoms with Gasteiger partial charge in [-0.15, -0.1) is 12.4 Å². The number of piperazine rings is 1. The lowest BCUT2D eigenvalue weighted by atomic mass is 9.97. The van der Waals surface area contributed by atoms with Gasteiger partial charge in [0.05, 0.1) is 11.8 Å². The zero-order valence-electron chi connectivity index (χ0n) is 11.2. The van der Waals surface area contributed by atoms with Crippen LogP contribution < -0.4 is 5.73 Å². The van der Waals surface area contributed by atoms with Crippen LogP contribution >= 0.6 is 12.4 Å². The van der Waals surface area contributed by atoms with Gasteiger partial charge in [-0.05, 0) is 12.8 Å². The molecule has 1 heterocycles. The first-order valence-corrected chi connectivity index (χ1v) is 8.21. The van der Waals surface area contributed by atoms with E-state index in [2.05, 4.69) is 0 Å². The van der Waals surface area contributed by atoms with Gasteiger partial charge in [-0.2, -0.15) is 4.31 Å². The van der Waals surface area contributed by atoms with Crippen molar-refractivity contribution in [3.05, 3.63) is 0 Å². The van der Waals surface area contributed by atoms with E-state index in [0.717, 1.165) is 25.7 Å². The topological polar surface area (TPSA) is 83.7 Å². The average Bonchev–Trinajstić information content (AvgIpc) is 2.75. The molecule has 2 rings (SSSR count). The molecule has 8 heteroatoms. The van der Waals surface area contributed by atoms with Crippen molar-refractivity contribution in [1.82, 2.24) is 9.21 Å². The fourth-order valence-electron chi connectivity index (χ4n) is 2.76. The van der Waals surface area contributed by atoms with Crippen molar-refractivity contribution in [2.75, 3.05) is 32.4 Å². The maximum atomic E-state index is 12.3. The van der Waals surface area contributed by atoms with Gasteiger partial charge in [-0.3, -0.25) is 4.79 Å². The molecule has 0 aromatic rings. The van der Waals surface area contributed by atoms with Crippen molar-refractivity contribution in [3.63, 3.8) is 0 Å². The molecule has 2 fully saturated rings. The second kappa shape index (κ2) is 5.95. The zero-order valence-corrected chi connectivity index (χ0v) is 12.8. The molecule has 0 atom stereocenters. The van der Waals surface area contributed by atoms with Crippen molar-refractivity contribution >= 4 is 28.3 Å². The minimum absolute atomic E-state index is 0. The first-order chi connectivity index (χ1) is 8.33. The van der Waals surface area contributed by atoms with Crippen LogP contribution in [-0.2, 0) is 14.8 Å². The Morgan fingerprint density at radius 2 is 1.58 bits per heavy atom. The summed E-state index contributed by atoms with van der Waals surface area (Å²) in [6, 6.07) is 0. The number of nitrogens with zero attached hydrogens (tertiary/aromatic N) is 2. The van der Waals surface area contributed by atoms with Gasteiger partial charge in [0, 0.05) is 26.2 Å². The normalized spacial score (nSPS) is 24.0. The fourth-order valence-corrected chi connectivity index (χ4v) is 3.58. The first kappa shape index (κ1) is 16.7. The third-order valence-electron chi connectivity index (χ3n) is 3.92. The smallest absolute Gasteiger partial charge is 0.242 e. The van der Waals surface area contributed by atoms with Gasteiger partial charge in [0.2, 0.25) is 15.9 Å². The second-order valence-corrected chi connectivity index (χ2v) is 7.30. The van der Waals surface area contributed by atoms with E-state index in [9.17, 15) is 13.2 Å². The highest BCUT2D eigenvalue weighted by molar-refractivity contribution is 7.88. The molecule has 1 aliphatic heterocycles. The van der Waals surface area contributed by atoms with Crippen LogP contribution in [0.4, 0.5) is 0 Å². The summed E-state index contributed by atoms with van der Waals surface area (Å²) in [6.07, 6.45) is 4.71. The summed E-state index contributed by atoms with van der Waals surface area (Å²) in [7, 11) is -3.15. The number of hydrogen-bond donors (Lipinski definition) is 1. The molecule has 0 bridgehead atoms. The van der Waals surface area contributed by atoms with Crippen molar-refractivity contribution in [1.29, 1.82) is 0 Å². The Bertz CT molecular complexity index is 426. The van der Waals surface area contributed by atoms with Gasteiger partial charge >= 0.3 is 0 Å². The third-order valence-corrected chi connectivity index (χ3v) is 5.22. The number of hydrogen-bond acceptors (Lipinski definition) is 4. The lowest BCUT2D eigenvalue weighted by Crippen LogP contribution is -2.58. The molecule has 0 radical (unpaired) electrons. The van der Waals surface area contributed by atoms with E-state index in [0.29, 0.717) is 26.2 Å². The van der Waals surface area contributed by atoms with E-state index >= 15 is 0 Å². The molecule has 112 valence electrons. The molecular formula is C11H22ClN3O3S. The van der Waals surface area contributed by atoms with Crippen LogP contribution in [0, 0.1) is 0 Å². The summed E-state index contributed by atoms with van der Waals surface area (Å²) in [5.74, 6) is -0.00634. The molecule has 1 aliphatic carbocycles. The van der Waals surface area contributed by atoms with Crippen LogP contribution in [0.1, 0.15) is 25.7 Å². The third kappa shape index (κ3) is 3.59. The highest BCUT2D eigenvalue weighted by atomic mass is 35.5. The molecule has 1 saturated heterocycles. The number of rotatable bonds is 2. The number of amides is 1. The number of halogens is 1. The Balaban J connectivity index is 0.00000180. The van der Waals surface area contributed by atoms with E-state index < -0.39 is 15.6 Å². The standard InChI is InChI=1S/C11H21N3O3S.ClH/c1-18(16,17)14-8-6-13(7-9-14)10(15)11(12)4-2-3-5-11;/h2-9,12H2,1H3;1H. The van der Waals surface area contributed by atoms with E-state index in [-0.39, 0.29) is 18.3 Å². The molecule has 0 aromatic heterocycles. The number of sulfonamides is 1. The summed E-state index contributed by atoms with van der Waals surface area (Å²) in [5, 5.41) is 0. The first-order valence-electron chi connectivity index (χ1n) is 6.36. The SMILES string of the molecule is CS(=O)(=O)N1CCN(C(=O)C2(N)CCCC2)CC1.Cl. The summed E-state index contributed by atoms with van der Waals surface area (Å²) in [6.45, 7) is 1.65. The Morgan fingerprint density at radius 1 is 1.11 bits per heavy atom. The van der Waals surface area contributed by atoms with E-state index in [4.69, 9.17) is 5.73 Å². The van der Waals surface area contributed by atoms with Gasteiger partial charge in [0.1, 0.15) is 0 Å². The summed E-state index contributed by atoms with van der Waals surface area (Å²) < 4.78 is 24.2. The zero-order chi connectivity index (χ0) is 13.4. The lowest BCUT2D eigenvalue weighted by molar-refractivity contribution is -0.138. The Morgan fingerprint density at radius 3 is 2.00 bits per heavy atom. The number of nitrogens with two attached hydrogens (primary N) is 1. The monoisotopic (exact) mass is 311 g/mol. The van der Waals surface area contributed by atoms with Gasteiger partial charge in [-0.25, -0.2) is 8.42 Å². The second-order valence-electron chi connectivity index (χ2n) is 5.32. The van der Waals surface area contributed by atoms with Crippen molar-refractivity contribution < 1.29 is 13.2 Å². The molecular weight excluding hydrogens is 290 g/mol. The molecule has 2 N–H and O–H groups in total. The van der Waals surface area contributed by atoms with Crippen molar-refractivity contribution in [3.8, 4) is 0 Å². The maximum Gasteiger partial charge on any atom is 0.242 e. The van der Waals surface area contributed by atoms with Crippen LogP contribution in [-0.4, -0.2) is 61.5 Å². The number of carbonyl (C=O) groups excluding carboxylic acids is 1. The molecule has 19 heavy (non-hydrogen) atoms. The highest BCUT2D eigenvalue weighted by Crippen LogP contribution is 2.29. The van der Waals surface area contributed by atoms with Crippen LogP contribution in [0.3, 0.4) is 0 Å². The molecule has 6 nitrogen and oxygen atoms in total. The van der Waals surface area contributed by atoms with Crippen LogP contribution in [0.25, 0.3) is 0 Å². The van der Waals surface area contributed by atoms with Gasteiger partial charge < -0.3 is 10.6 Å². The minimum Gasteiger partial charge on any atom is -0.338 e. The molecule has 2 aliphatic rings. The molecule has 0 spiro atoms. The lowest BCUT2D eigenvalue weighted by Gasteiger charge is -2.37. The summed E-state index contributed by atoms with van der Waals surface area (Å²) >= 11 is 0. The van der Waals surface area contributed by atoms with Crippen LogP contribution in [0.15, 0.2) is 0 Å². The van der Waals surface area contributed by atoms with Crippen LogP contribution in [0.5, 0.6) is 0 Å². The maximum absolute atomic E-state index is 12.3. The molecule has 1 amide bonds. The Labute approximate surface area is 120 Å². The van der Waals surface area contributed by atoms with E-state index in [1.54, 1.807) is 4.90 Å². The summed E-state index contributed by atoms with van der Waals surface area (Å²) in [5.41, 5.74) is 5.43. The predicted molar refractivity (Wildman–Crippen MR) is 75.6 cm³/mol. The Hall–Kier alpha value is -0.370. The van der Waals surface area contributed by atoms with Gasteiger partial charge in [0.25, 0.3) is 0 Å². The van der Waals surface area contributed by atoms with E-state index in [1.807, 2.05) is 0 Å². The van der Waals surface area contributed by atoms with Crippen LogP contribution in [0.2, 0.25) is 0 Å². The fraction of sp³-hybridized carbons (Fsp3) is 0.909. The number of carbonyl (C=O) groups is 1. The average molecular weight is 312 g/mol. The van der Waals surface area contributed by atoms with Gasteiger partial charge in [0.15, 0.2) is 0 Å². The largest absolute Gasteiger partial charge is 0.338 e. The Kier molecular flexibility index (Phi) is 5.22. The molecule has 0 unspecified atom stereocenters. The summed E-state index contributed by atoms with van der Waals surface area (Å²) in [4.78, 5) is 14.0.